The maximum absolute atomic E-state index is 6.06. The molecule has 0 saturated carbocycles. The molecule has 129 valence electrons. The monoisotopic (exact) mass is 380 g/mol. The van der Waals surface area contributed by atoms with Crippen molar-refractivity contribution in [1.82, 2.24) is 4.72 Å². The lowest BCUT2D eigenvalue weighted by Gasteiger charge is -2.26. The van der Waals surface area contributed by atoms with Gasteiger partial charge in [-0.3, -0.25) is 0 Å². The van der Waals surface area contributed by atoms with E-state index >= 15 is 0 Å². The van der Waals surface area contributed by atoms with Crippen LogP contribution in [0, 0.1) is 0 Å². The molecule has 0 bridgehead atoms. The average molecular weight is 381 g/mol. The summed E-state index contributed by atoms with van der Waals surface area (Å²) in [6, 6.07) is 12.1. The lowest BCUT2D eigenvalue weighted by molar-refractivity contribution is 0.568. The molecule has 0 N–H and O–H groups in total. The van der Waals surface area contributed by atoms with E-state index in [4.69, 9.17) is 27.9 Å². The van der Waals surface area contributed by atoms with Gasteiger partial charge in [-0.2, -0.15) is 0 Å². The molecular weight excluding hydrogens is 357 g/mol. The highest BCUT2D eigenvalue weighted by Crippen LogP contribution is 2.34. The van der Waals surface area contributed by atoms with Crippen molar-refractivity contribution >= 4 is 40.8 Å². The second kappa shape index (κ2) is 7.19. The second-order valence-corrected chi connectivity index (χ2v) is 9.77. The first kappa shape index (κ1) is 19.5. The molecule has 0 aromatic heterocycles. The van der Waals surface area contributed by atoms with Crippen LogP contribution in [-0.4, -0.2) is 0 Å². The van der Waals surface area contributed by atoms with E-state index in [2.05, 4.69) is 59.7 Å². The Morgan fingerprint density at radius 2 is 1.17 bits per heavy atom. The minimum Gasteiger partial charge on any atom is -0.212 e. The van der Waals surface area contributed by atoms with Crippen molar-refractivity contribution < 1.29 is 0 Å². The highest BCUT2D eigenvalue weighted by atomic mass is 35.5. The molecule has 1 radical (unpaired) electrons. The predicted molar refractivity (Wildman–Crippen MR) is 108 cm³/mol. The first-order chi connectivity index (χ1) is 10.9. The van der Waals surface area contributed by atoms with E-state index in [9.17, 15) is 0 Å². The van der Waals surface area contributed by atoms with Crippen LogP contribution in [0.1, 0.15) is 52.7 Å². The molecule has 0 spiro atoms. The van der Waals surface area contributed by atoms with Crippen LogP contribution in [-0.2, 0) is 10.8 Å². The first-order valence-corrected chi connectivity index (χ1v) is 9.48. The SMILES string of the molecule is CC(C)(C)c1cc([N]Sc2cc(Cl)cc(Cl)c2)cc(C(C)(C)C)c1. The smallest absolute Gasteiger partial charge is 0.0723 e. The van der Waals surface area contributed by atoms with Gasteiger partial charge >= 0.3 is 0 Å². The van der Waals surface area contributed by atoms with Crippen LogP contribution < -0.4 is 4.72 Å². The summed E-state index contributed by atoms with van der Waals surface area (Å²) in [4.78, 5) is 0.936. The summed E-state index contributed by atoms with van der Waals surface area (Å²) in [5.74, 6) is 0. The van der Waals surface area contributed by atoms with Crippen molar-refractivity contribution in [1.29, 1.82) is 0 Å². The van der Waals surface area contributed by atoms with Gasteiger partial charge in [-0.15, -0.1) is 0 Å². The summed E-state index contributed by atoms with van der Waals surface area (Å²) in [6.45, 7) is 13.3. The standard InChI is InChI=1S/C20H24Cl2NS/c1-19(2,3)13-7-14(20(4,5)6)9-17(8-13)23-24-18-11-15(21)10-16(22)12-18/h7-12H,1-6H3. The van der Waals surface area contributed by atoms with Gasteiger partial charge in [0.2, 0.25) is 0 Å². The van der Waals surface area contributed by atoms with Gasteiger partial charge in [-0.1, -0.05) is 70.8 Å². The normalized spacial score (nSPS) is 12.3. The summed E-state index contributed by atoms with van der Waals surface area (Å²) in [5, 5.41) is 1.25. The van der Waals surface area contributed by atoms with Crippen LogP contribution in [0.3, 0.4) is 0 Å². The minimum atomic E-state index is 0.0789. The molecule has 0 aliphatic carbocycles. The van der Waals surface area contributed by atoms with Gasteiger partial charge in [0.1, 0.15) is 0 Å². The summed E-state index contributed by atoms with van der Waals surface area (Å²) in [5.41, 5.74) is 3.70. The average Bonchev–Trinajstić information content (AvgIpc) is 2.42. The molecule has 0 amide bonds. The first-order valence-electron chi connectivity index (χ1n) is 7.95. The van der Waals surface area contributed by atoms with Crippen LogP contribution in [0.4, 0.5) is 5.69 Å². The maximum atomic E-state index is 6.06. The Balaban J connectivity index is 2.32. The van der Waals surface area contributed by atoms with Crippen LogP contribution in [0.5, 0.6) is 0 Å². The van der Waals surface area contributed by atoms with Gasteiger partial charge in [0.15, 0.2) is 0 Å². The number of nitrogens with zero attached hydrogens (tertiary/aromatic N) is 1. The molecule has 1 nitrogen and oxygen atoms in total. The Kier molecular flexibility index (Phi) is 5.84. The molecule has 2 aromatic rings. The van der Waals surface area contributed by atoms with E-state index in [1.54, 1.807) is 6.07 Å². The van der Waals surface area contributed by atoms with Gasteiger partial charge in [0.25, 0.3) is 0 Å². The third-order valence-electron chi connectivity index (χ3n) is 3.74. The Hall–Kier alpha value is -0.830. The fraction of sp³-hybridized carbons (Fsp3) is 0.400. The molecule has 0 saturated heterocycles. The van der Waals surface area contributed by atoms with E-state index in [0.29, 0.717) is 10.0 Å². The van der Waals surface area contributed by atoms with Crippen LogP contribution in [0.25, 0.3) is 0 Å². The molecule has 0 aliphatic heterocycles. The number of hydrogen-bond donors (Lipinski definition) is 0. The number of halogens is 2. The van der Waals surface area contributed by atoms with E-state index in [1.807, 2.05) is 12.1 Å². The van der Waals surface area contributed by atoms with Crippen molar-refractivity contribution in [3.8, 4) is 0 Å². The zero-order valence-corrected chi connectivity index (χ0v) is 17.4. The molecule has 0 unspecified atom stereocenters. The molecule has 24 heavy (non-hydrogen) atoms. The Morgan fingerprint density at radius 1 is 0.708 bits per heavy atom. The second-order valence-electron chi connectivity index (χ2n) is 8.06. The summed E-state index contributed by atoms with van der Waals surface area (Å²) in [6.07, 6.45) is 0. The fourth-order valence-corrected chi connectivity index (χ4v) is 3.55. The molecule has 0 heterocycles. The van der Waals surface area contributed by atoms with Crippen molar-refractivity contribution in [2.75, 3.05) is 0 Å². The predicted octanol–water partition coefficient (Wildman–Crippen LogP) is 7.53. The van der Waals surface area contributed by atoms with E-state index < -0.39 is 0 Å². The largest absolute Gasteiger partial charge is 0.212 e. The van der Waals surface area contributed by atoms with Crippen molar-refractivity contribution in [2.24, 2.45) is 0 Å². The van der Waals surface area contributed by atoms with Gasteiger partial charge in [0.05, 0.1) is 5.69 Å². The van der Waals surface area contributed by atoms with Crippen molar-refractivity contribution in [3.63, 3.8) is 0 Å². The third kappa shape index (κ3) is 5.34. The zero-order valence-electron chi connectivity index (χ0n) is 15.1. The van der Waals surface area contributed by atoms with Crippen molar-refractivity contribution in [2.45, 2.75) is 57.3 Å². The van der Waals surface area contributed by atoms with Crippen LogP contribution in [0.2, 0.25) is 10.0 Å². The summed E-state index contributed by atoms with van der Waals surface area (Å²) in [7, 11) is 0. The third-order valence-corrected chi connectivity index (χ3v) is 4.93. The zero-order chi connectivity index (χ0) is 18.1. The molecule has 2 rings (SSSR count). The molecule has 4 heteroatoms. The molecular formula is C20H24Cl2NS. The molecule has 0 fully saturated rings. The Labute approximate surface area is 160 Å². The van der Waals surface area contributed by atoms with Crippen molar-refractivity contribution in [3.05, 3.63) is 57.6 Å². The van der Waals surface area contributed by atoms with Gasteiger partial charge in [-0.25, -0.2) is 4.72 Å². The number of benzene rings is 2. The van der Waals surface area contributed by atoms with Crippen LogP contribution in [0.15, 0.2) is 41.3 Å². The number of rotatable bonds is 3. The highest BCUT2D eigenvalue weighted by Gasteiger charge is 2.21. The van der Waals surface area contributed by atoms with E-state index in [-0.39, 0.29) is 10.8 Å². The van der Waals surface area contributed by atoms with E-state index in [0.717, 1.165) is 10.6 Å². The van der Waals surface area contributed by atoms with Crippen LogP contribution >= 0.6 is 35.1 Å². The Bertz CT molecular complexity index is 675. The number of hydrogen-bond acceptors (Lipinski definition) is 1. The molecule has 0 aliphatic rings. The lowest BCUT2D eigenvalue weighted by atomic mass is 9.80. The highest BCUT2D eigenvalue weighted by molar-refractivity contribution is 7.97. The van der Waals surface area contributed by atoms with Gasteiger partial charge < -0.3 is 0 Å². The summed E-state index contributed by atoms with van der Waals surface area (Å²) >= 11 is 13.5. The minimum absolute atomic E-state index is 0.0789. The van der Waals surface area contributed by atoms with Gasteiger partial charge in [-0.05, 0) is 52.3 Å². The Morgan fingerprint density at radius 3 is 1.58 bits per heavy atom. The quantitative estimate of drug-likeness (QED) is 0.501. The topological polar surface area (TPSA) is 14.1 Å². The molecule has 2 aromatic carbocycles. The lowest BCUT2D eigenvalue weighted by Crippen LogP contribution is -2.16. The maximum Gasteiger partial charge on any atom is 0.0723 e. The van der Waals surface area contributed by atoms with E-state index in [1.165, 1.54) is 23.1 Å². The summed E-state index contributed by atoms with van der Waals surface area (Å²) < 4.78 is 4.71. The van der Waals surface area contributed by atoms with Gasteiger partial charge in [0, 0.05) is 26.9 Å². The fourth-order valence-electron chi connectivity index (χ4n) is 2.22. The molecule has 0 atom stereocenters.